The molecule has 3 nitrogen and oxygen atoms in total. The molecule has 0 aromatic carbocycles. The van der Waals surface area contributed by atoms with Crippen molar-refractivity contribution in [3.8, 4) is 0 Å². The highest BCUT2D eigenvalue weighted by Gasteiger charge is 2.42. The first-order valence-corrected chi connectivity index (χ1v) is 5.35. The van der Waals surface area contributed by atoms with Crippen LogP contribution in [0.2, 0.25) is 0 Å². The molecule has 1 aromatic heterocycles. The Labute approximate surface area is 84.7 Å². The van der Waals surface area contributed by atoms with Crippen molar-refractivity contribution in [3.05, 3.63) is 18.0 Å². The second-order valence-electron chi connectivity index (χ2n) is 4.39. The lowest BCUT2D eigenvalue weighted by molar-refractivity contribution is 0.0129. The quantitative estimate of drug-likeness (QED) is 0.789. The third kappa shape index (κ3) is 1.82. The normalized spacial score (nSPS) is 20.8. The van der Waals surface area contributed by atoms with Gasteiger partial charge in [-0.2, -0.15) is 5.10 Å². The zero-order valence-electron chi connectivity index (χ0n) is 8.90. The van der Waals surface area contributed by atoms with Gasteiger partial charge in [-0.15, -0.1) is 0 Å². The molecule has 1 unspecified atom stereocenters. The van der Waals surface area contributed by atoms with Crippen molar-refractivity contribution in [1.29, 1.82) is 0 Å². The molecule has 0 saturated heterocycles. The highest BCUT2D eigenvalue weighted by molar-refractivity contribution is 5.07. The SMILES string of the molecule is CCC(O)(Cc1ccn(C)n1)C1CC1. The van der Waals surface area contributed by atoms with Gasteiger partial charge in [0.2, 0.25) is 0 Å². The van der Waals surface area contributed by atoms with Crippen molar-refractivity contribution >= 4 is 0 Å². The Bertz CT molecular complexity index is 317. The minimum Gasteiger partial charge on any atom is -0.389 e. The lowest BCUT2D eigenvalue weighted by atomic mass is 9.89. The number of aromatic nitrogens is 2. The largest absolute Gasteiger partial charge is 0.389 e. The smallest absolute Gasteiger partial charge is 0.0729 e. The molecule has 1 N–H and O–H groups in total. The molecule has 0 radical (unpaired) electrons. The van der Waals surface area contributed by atoms with Crippen LogP contribution in [0.15, 0.2) is 12.3 Å². The van der Waals surface area contributed by atoms with Crippen molar-refractivity contribution < 1.29 is 5.11 Å². The Morgan fingerprint density at radius 3 is 2.79 bits per heavy atom. The van der Waals surface area contributed by atoms with Crippen molar-refractivity contribution in [1.82, 2.24) is 9.78 Å². The van der Waals surface area contributed by atoms with Gasteiger partial charge < -0.3 is 5.11 Å². The first-order chi connectivity index (χ1) is 6.64. The van der Waals surface area contributed by atoms with E-state index in [9.17, 15) is 5.11 Å². The maximum absolute atomic E-state index is 10.4. The lowest BCUT2D eigenvalue weighted by Gasteiger charge is -2.25. The van der Waals surface area contributed by atoms with Crippen LogP contribution in [0.3, 0.4) is 0 Å². The fraction of sp³-hybridized carbons (Fsp3) is 0.727. The molecule has 78 valence electrons. The number of aryl methyl sites for hydroxylation is 1. The number of nitrogens with zero attached hydrogens (tertiary/aromatic N) is 2. The van der Waals surface area contributed by atoms with E-state index in [2.05, 4.69) is 12.0 Å². The van der Waals surface area contributed by atoms with Crippen LogP contribution in [0.4, 0.5) is 0 Å². The molecule has 14 heavy (non-hydrogen) atoms. The number of rotatable bonds is 4. The Morgan fingerprint density at radius 2 is 2.36 bits per heavy atom. The summed E-state index contributed by atoms with van der Waals surface area (Å²) in [6, 6.07) is 1.99. The van der Waals surface area contributed by atoms with Crippen molar-refractivity contribution in [2.75, 3.05) is 0 Å². The monoisotopic (exact) mass is 194 g/mol. The molecule has 0 spiro atoms. The molecular formula is C11H18N2O. The van der Waals surface area contributed by atoms with Crippen LogP contribution >= 0.6 is 0 Å². The van der Waals surface area contributed by atoms with Crippen LogP contribution in [-0.2, 0) is 13.5 Å². The molecule has 1 aromatic rings. The summed E-state index contributed by atoms with van der Waals surface area (Å²) < 4.78 is 1.79. The van der Waals surface area contributed by atoms with Crippen LogP contribution in [0.25, 0.3) is 0 Å². The van der Waals surface area contributed by atoms with E-state index in [1.165, 1.54) is 12.8 Å². The summed E-state index contributed by atoms with van der Waals surface area (Å²) in [5.74, 6) is 0.509. The lowest BCUT2D eigenvalue weighted by Crippen LogP contribution is -2.33. The van der Waals surface area contributed by atoms with E-state index in [-0.39, 0.29) is 0 Å². The van der Waals surface area contributed by atoms with Crippen molar-refractivity contribution in [2.24, 2.45) is 13.0 Å². The molecule has 3 heteroatoms. The molecule has 1 heterocycles. The summed E-state index contributed by atoms with van der Waals surface area (Å²) in [5.41, 5.74) is 0.498. The molecule has 1 saturated carbocycles. The van der Waals surface area contributed by atoms with Gasteiger partial charge in [-0.05, 0) is 31.2 Å². The van der Waals surface area contributed by atoms with Gasteiger partial charge in [-0.25, -0.2) is 0 Å². The standard InChI is InChI=1S/C11H18N2O/c1-3-11(14,9-4-5-9)8-10-6-7-13(2)12-10/h6-7,9,14H,3-5,8H2,1-2H3. The molecule has 0 amide bonds. The van der Waals surface area contributed by atoms with Gasteiger partial charge in [0.25, 0.3) is 0 Å². The summed E-state index contributed by atoms with van der Waals surface area (Å²) in [6.07, 6.45) is 5.82. The van der Waals surface area contributed by atoms with Gasteiger partial charge in [-0.1, -0.05) is 6.92 Å². The molecule has 1 aliphatic rings. The average Bonchev–Trinajstić information content (AvgIpc) is 2.93. The predicted octanol–water partition coefficient (Wildman–Crippen LogP) is 1.51. The van der Waals surface area contributed by atoms with E-state index in [0.29, 0.717) is 12.3 Å². The summed E-state index contributed by atoms with van der Waals surface area (Å²) in [4.78, 5) is 0. The van der Waals surface area contributed by atoms with Gasteiger partial charge in [0.1, 0.15) is 0 Å². The Morgan fingerprint density at radius 1 is 1.64 bits per heavy atom. The van der Waals surface area contributed by atoms with Gasteiger partial charge in [0.15, 0.2) is 0 Å². The van der Waals surface area contributed by atoms with Crippen LogP contribution < -0.4 is 0 Å². The van der Waals surface area contributed by atoms with Crippen LogP contribution in [0.5, 0.6) is 0 Å². The average molecular weight is 194 g/mol. The highest BCUT2D eigenvalue weighted by Crippen LogP contribution is 2.43. The second-order valence-corrected chi connectivity index (χ2v) is 4.39. The maximum Gasteiger partial charge on any atom is 0.0729 e. The summed E-state index contributed by atoms with van der Waals surface area (Å²) >= 11 is 0. The Kier molecular flexibility index (Phi) is 2.35. The zero-order chi connectivity index (χ0) is 10.2. The molecule has 0 aliphatic heterocycles. The fourth-order valence-electron chi connectivity index (χ4n) is 2.05. The molecule has 0 bridgehead atoms. The van der Waals surface area contributed by atoms with Gasteiger partial charge in [0.05, 0.1) is 11.3 Å². The Hall–Kier alpha value is -0.830. The predicted molar refractivity (Wildman–Crippen MR) is 54.9 cm³/mol. The second kappa shape index (κ2) is 3.39. The van der Waals surface area contributed by atoms with Crippen LogP contribution in [-0.4, -0.2) is 20.5 Å². The number of hydrogen-bond acceptors (Lipinski definition) is 2. The number of hydrogen-bond donors (Lipinski definition) is 1. The molecule has 2 rings (SSSR count). The van der Waals surface area contributed by atoms with E-state index in [1.54, 1.807) is 4.68 Å². The van der Waals surface area contributed by atoms with E-state index < -0.39 is 5.60 Å². The van der Waals surface area contributed by atoms with E-state index in [0.717, 1.165) is 12.1 Å². The minimum atomic E-state index is -0.506. The third-order valence-electron chi connectivity index (χ3n) is 3.21. The first-order valence-electron chi connectivity index (χ1n) is 5.35. The zero-order valence-corrected chi connectivity index (χ0v) is 8.90. The fourth-order valence-corrected chi connectivity index (χ4v) is 2.05. The minimum absolute atomic E-state index is 0.506. The molecule has 1 atom stereocenters. The van der Waals surface area contributed by atoms with Gasteiger partial charge in [0, 0.05) is 19.7 Å². The highest BCUT2D eigenvalue weighted by atomic mass is 16.3. The molecule has 1 aliphatic carbocycles. The maximum atomic E-state index is 10.4. The topological polar surface area (TPSA) is 38.0 Å². The summed E-state index contributed by atoms with van der Waals surface area (Å²) in [7, 11) is 1.91. The number of aliphatic hydroxyl groups is 1. The summed E-state index contributed by atoms with van der Waals surface area (Å²) in [6.45, 7) is 2.06. The van der Waals surface area contributed by atoms with E-state index >= 15 is 0 Å². The Balaban J connectivity index is 2.07. The van der Waals surface area contributed by atoms with Crippen molar-refractivity contribution in [3.63, 3.8) is 0 Å². The van der Waals surface area contributed by atoms with Gasteiger partial charge in [-0.3, -0.25) is 4.68 Å². The van der Waals surface area contributed by atoms with Crippen LogP contribution in [0.1, 0.15) is 31.9 Å². The van der Waals surface area contributed by atoms with E-state index in [1.807, 2.05) is 19.3 Å². The molecule has 1 fully saturated rings. The van der Waals surface area contributed by atoms with E-state index in [4.69, 9.17) is 0 Å². The van der Waals surface area contributed by atoms with Gasteiger partial charge >= 0.3 is 0 Å². The van der Waals surface area contributed by atoms with Crippen LogP contribution in [0, 0.1) is 5.92 Å². The molecular weight excluding hydrogens is 176 g/mol. The summed E-state index contributed by atoms with van der Waals surface area (Å²) in [5, 5.41) is 14.7. The van der Waals surface area contributed by atoms with Crippen molar-refractivity contribution in [2.45, 2.75) is 38.2 Å². The third-order valence-corrected chi connectivity index (χ3v) is 3.21. The first kappa shape index (κ1) is 9.71.